The molecule has 1 saturated carbocycles. The monoisotopic (exact) mass is 737 g/mol. The summed E-state index contributed by atoms with van der Waals surface area (Å²) in [6, 6.07) is 6.51. The summed E-state index contributed by atoms with van der Waals surface area (Å²) in [6.07, 6.45) is 11.9. The van der Waals surface area contributed by atoms with Gasteiger partial charge in [0.2, 0.25) is 17.7 Å². The summed E-state index contributed by atoms with van der Waals surface area (Å²) in [5.41, 5.74) is 1.45. The van der Waals surface area contributed by atoms with Gasteiger partial charge in [0.15, 0.2) is 0 Å². The highest BCUT2D eigenvalue weighted by Gasteiger charge is 2.36. The van der Waals surface area contributed by atoms with E-state index in [0.29, 0.717) is 56.7 Å². The van der Waals surface area contributed by atoms with Crippen LogP contribution >= 0.6 is 0 Å². The number of carbonyl (C=O) groups excluding carboxylic acids is 4. The van der Waals surface area contributed by atoms with E-state index in [1.165, 1.54) is 22.5 Å². The summed E-state index contributed by atoms with van der Waals surface area (Å²) in [7, 11) is 3.19. The van der Waals surface area contributed by atoms with Crippen molar-refractivity contribution in [2.45, 2.75) is 115 Å². The number of amides is 5. The van der Waals surface area contributed by atoms with E-state index in [0.717, 1.165) is 44.1 Å². The molecule has 5 amide bonds. The van der Waals surface area contributed by atoms with Crippen molar-refractivity contribution in [3.05, 3.63) is 54.1 Å². The Hall–Kier alpha value is -3.97. The highest BCUT2D eigenvalue weighted by Crippen LogP contribution is 2.29. The topological polar surface area (TPSA) is 160 Å². The van der Waals surface area contributed by atoms with E-state index in [1.54, 1.807) is 25.2 Å². The fourth-order valence-corrected chi connectivity index (χ4v) is 7.55. The zero-order valence-electron chi connectivity index (χ0n) is 32.3. The van der Waals surface area contributed by atoms with Gasteiger partial charge >= 0.3 is 6.03 Å². The minimum Gasteiger partial charge on any atom is -0.391 e. The third-order valence-corrected chi connectivity index (χ3v) is 11.2. The van der Waals surface area contributed by atoms with Gasteiger partial charge in [-0.1, -0.05) is 89.1 Å². The molecule has 0 spiro atoms. The largest absolute Gasteiger partial charge is 0.391 e. The standard InChI is InChI=1S/C40H63N7O6/c1-5-29(6-2)25-36(48)33(23-30-13-9-7-10-14-30)43-38(50)35(26-32-27-41-28-42-32)46(4)39(51)34(24-31-15-11-8-12-16-31)44-40(52)45(3)18-17-37(49)47-19-21-53-22-20-47/h8,11-12,15-16,27-30,33-36,48H,5-7,9-10,13-14,17-26H2,1-4H3,(H,41,42)(H,43,50)(H,44,52)/t33-,34-,35-,36-/m0/s1. The van der Waals surface area contributed by atoms with Gasteiger partial charge in [0.1, 0.15) is 12.1 Å². The van der Waals surface area contributed by atoms with E-state index in [9.17, 15) is 24.3 Å². The number of aromatic amines is 1. The maximum atomic E-state index is 14.5. The molecule has 13 heteroatoms. The van der Waals surface area contributed by atoms with Gasteiger partial charge in [-0.25, -0.2) is 9.78 Å². The van der Waals surface area contributed by atoms with Gasteiger partial charge in [-0.2, -0.15) is 0 Å². The Bertz CT molecular complexity index is 1390. The Labute approximate surface area is 315 Å². The molecular weight excluding hydrogens is 674 g/mol. The summed E-state index contributed by atoms with van der Waals surface area (Å²) in [5, 5.41) is 17.7. The maximum Gasteiger partial charge on any atom is 0.317 e. The first-order chi connectivity index (χ1) is 25.6. The number of aliphatic hydroxyl groups excluding tert-OH is 1. The fourth-order valence-electron chi connectivity index (χ4n) is 7.55. The zero-order valence-corrected chi connectivity index (χ0v) is 32.3. The summed E-state index contributed by atoms with van der Waals surface area (Å²) in [6.45, 7) is 6.49. The van der Waals surface area contributed by atoms with E-state index < -0.39 is 36.2 Å². The first-order valence-electron chi connectivity index (χ1n) is 19.7. The molecule has 2 aliphatic rings. The first-order valence-corrected chi connectivity index (χ1v) is 19.7. The van der Waals surface area contributed by atoms with Gasteiger partial charge in [-0.05, 0) is 30.2 Å². The molecular formula is C40H63N7O6. The Morgan fingerprint density at radius 2 is 1.70 bits per heavy atom. The summed E-state index contributed by atoms with van der Waals surface area (Å²) >= 11 is 0. The molecule has 13 nitrogen and oxygen atoms in total. The number of rotatable bonds is 19. The number of urea groups is 1. The predicted octanol–water partition coefficient (Wildman–Crippen LogP) is 3.92. The minimum atomic E-state index is -1.000. The van der Waals surface area contributed by atoms with Gasteiger partial charge in [0, 0.05) is 59.2 Å². The van der Waals surface area contributed by atoms with Crippen LogP contribution in [0, 0.1) is 11.8 Å². The number of benzene rings is 1. The van der Waals surface area contributed by atoms with Gasteiger partial charge in [0.25, 0.3) is 0 Å². The summed E-state index contributed by atoms with van der Waals surface area (Å²) in [4.78, 5) is 67.0. The van der Waals surface area contributed by atoms with Gasteiger partial charge in [0.05, 0.1) is 37.4 Å². The molecule has 1 aromatic heterocycles. The van der Waals surface area contributed by atoms with Crippen molar-refractivity contribution in [1.82, 2.24) is 35.3 Å². The number of likely N-dealkylation sites (N-methyl/N-ethyl adjacent to an activating group) is 1. The normalized spacial score (nSPS) is 17.4. The molecule has 1 aromatic carbocycles. The Morgan fingerprint density at radius 1 is 1.00 bits per heavy atom. The van der Waals surface area contributed by atoms with Crippen LogP contribution in [-0.4, -0.2) is 125 Å². The van der Waals surface area contributed by atoms with Crippen LogP contribution in [0.4, 0.5) is 4.79 Å². The molecule has 2 aromatic rings. The van der Waals surface area contributed by atoms with Crippen LogP contribution in [0.2, 0.25) is 0 Å². The number of hydrogen-bond acceptors (Lipinski definition) is 7. The van der Waals surface area contributed by atoms with Crippen molar-refractivity contribution in [1.29, 1.82) is 0 Å². The van der Waals surface area contributed by atoms with Crippen molar-refractivity contribution in [2.24, 2.45) is 11.8 Å². The Balaban J connectivity index is 1.53. The average Bonchev–Trinajstić information content (AvgIpc) is 3.71. The molecule has 1 aliphatic carbocycles. The zero-order chi connectivity index (χ0) is 38.2. The van der Waals surface area contributed by atoms with Crippen molar-refractivity contribution >= 4 is 23.8 Å². The van der Waals surface area contributed by atoms with Gasteiger partial charge in [-0.3, -0.25) is 14.4 Å². The van der Waals surface area contributed by atoms with Crippen molar-refractivity contribution in [3.63, 3.8) is 0 Å². The molecule has 2 heterocycles. The number of nitrogens with one attached hydrogen (secondary N) is 3. The molecule has 4 atom stereocenters. The molecule has 0 radical (unpaired) electrons. The number of imidazole rings is 1. The summed E-state index contributed by atoms with van der Waals surface area (Å²) < 4.78 is 5.34. The predicted molar refractivity (Wildman–Crippen MR) is 204 cm³/mol. The van der Waals surface area contributed by atoms with Crippen LogP contribution in [0.15, 0.2) is 42.9 Å². The molecule has 4 N–H and O–H groups in total. The molecule has 53 heavy (non-hydrogen) atoms. The lowest BCUT2D eigenvalue weighted by molar-refractivity contribution is -0.141. The molecule has 2 fully saturated rings. The minimum absolute atomic E-state index is 0.0522. The van der Waals surface area contributed by atoms with Crippen molar-refractivity contribution < 1.29 is 29.0 Å². The number of carbonyl (C=O) groups is 4. The first kappa shape index (κ1) is 41.8. The second-order valence-corrected chi connectivity index (χ2v) is 14.9. The molecule has 1 saturated heterocycles. The van der Waals surface area contributed by atoms with Crippen LogP contribution < -0.4 is 10.6 Å². The second kappa shape index (κ2) is 21.7. The molecule has 0 unspecified atom stereocenters. The molecule has 1 aliphatic heterocycles. The van der Waals surface area contributed by atoms with E-state index in [-0.39, 0.29) is 37.6 Å². The molecule has 0 bridgehead atoms. The number of nitrogens with zero attached hydrogens (tertiary/aromatic N) is 4. The van der Waals surface area contributed by atoms with E-state index in [2.05, 4.69) is 34.4 Å². The quantitative estimate of drug-likeness (QED) is 0.170. The number of hydrogen-bond donors (Lipinski definition) is 4. The van der Waals surface area contributed by atoms with E-state index >= 15 is 0 Å². The smallest absolute Gasteiger partial charge is 0.317 e. The van der Waals surface area contributed by atoms with Gasteiger partial charge < -0.3 is 40.2 Å². The van der Waals surface area contributed by atoms with Crippen molar-refractivity contribution in [3.8, 4) is 0 Å². The maximum absolute atomic E-state index is 14.5. The van der Waals surface area contributed by atoms with E-state index in [1.807, 2.05) is 30.3 Å². The number of aliphatic hydroxyl groups is 1. The SMILES string of the molecule is CCC(CC)C[C@H](O)[C@H](CC1CCCCC1)NC(=O)[C@H](Cc1c[nH]cn1)N(C)C(=O)[C@H](Cc1ccccc1)NC(=O)N(C)CCC(=O)N1CCOCC1. The van der Waals surface area contributed by atoms with Gasteiger partial charge in [-0.15, -0.1) is 0 Å². The number of H-pyrrole nitrogens is 1. The summed E-state index contributed by atoms with van der Waals surface area (Å²) in [5.74, 6) is -0.0866. The lowest BCUT2D eigenvalue weighted by Crippen LogP contribution is -2.58. The fraction of sp³-hybridized carbons (Fsp3) is 0.675. The van der Waals surface area contributed by atoms with Crippen LogP contribution in [0.3, 0.4) is 0 Å². The van der Waals surface area contributed by atoms with Crippen molar-refractivity contribution in [2.75, 3.05) is 46.9 Å². The van der Waals surface area contributed by atoms with Crippen LogP contribution in [-0.2, 0) is 32.0 Å². The lowest BCUT2D eigenvalue weighted by atomic mass is 9.82. The van der Waals surface area contributed by atoms with Crippen LogP contribution in [0.1, 0.15) is 89.3 Å². The third-order valence-electron chi connectivity index (χ3n) is 11.2. The second-order valence-electron chi connectivity index (χ2n) is 14.9. The molecule has 4 rings (SSSR count). The number of aromatic nitrogens is 2. The highest BCUT2D eigenvalue weighted by molar-refractivity contribution is 5.92. The third kappa shape index (κ3) is 13.1. The number of morpholine rings is 1. The van der Waals surface area contributed by atoms with Crippen LogP contribution in [0.25, 0.3) is 0 Å². The average molecular weight is 738 g/mol. The lowest BCUT2D eigenvalue weighted by Gasteiger charge is -2.35. The Morgan fingerprint density at radius 3 is 2.34 bits per heavy atom. The number of ether oxygens (including phenoxy) is 1. The van der Waals surface area contributed by atoms with Crippen LogP contribution in [0.5, 0.6) is 0 Å². The van der Waals surface area contributed by atoms with E-state index in [4.69, 9.17) is 4.74 Å². The molecule has 294 valence electrons. The highest BCUT2D eigenvalue weighted by atomic mass is 16.5. The Kier molecular flexibility index (Phi) is 17.1.